The average Bonchev–Trinajstić information content (AvgIpc) is 3.33. The first-order valence-electron chi connectivity index (χ1n) is 7.28. The molecule has 25 heavy (non-hydrogen) atoms. The van der Waals surface area contributed by atoms with Crippen LogP contribution in [0.4, 0.5) is 14.5 Å². The van der Waals surface area contributed by atoms with E-state index in [4.69, 9.17) is 0 Å². The molecule has 0 aliphatic heterocycles. The first-order valence-corrected chi connectivity index (χ1v) is 10.2. The summed E-state index contributed by atoms with van der Waals surface area (Å²) in [5.74, 6) is -2.44. The third kappa shape index (κ3) is 4.14. The SMILES string of the molecule is O=S(=O)(Nc1ccc(S(=O)(=O)NC2CC2)cc1)c1ccc(F)c(F)c1. The van der Waals surface area contributed by atoms with Crippen LogP contribution in [0.5, 0.6) is 0 Å². The summed E-state index contributed by atoms with van der Waals surface area (Å²) in [7, 11) is -7.77. The van der Waals surface area contributed by atoms with Crippen molar-refractivity contribution in [1.29, 1.82) is 0 Å². The zero-order chi connectivity index (χ0) is 18.2. The summed E-state index contributed by atoms with van der Waals surface area (Å²) in [6.45, 7) is 0. The number of hydrogen-bond acceptors (Lipinski definition) is 4. The van der Waals surface area contributed by atoms with E-state index in [0.29, 0.717) is 12.1 Å². The minimum Gasteiger partial charge on any atom is -0.280 e. The van der Waals surface area contributed by atoms with Crippen molar-refractivity contribution in [3.8, 4) is 0 Å². The minimum atomic E-state index is -4.13. The first kappa shape index (κ1) is 17.8. The van der Waals surface area contributed by atoms with Crippen LogP contribution >= 0.6 is 0 Å². The summed E-state index contributed by atoms with van der Waals surface area (Å²) in [6, 6.07) is 7.23. The normalized spacial score (nSPS) is 15.1. The smallest absolute Gasteiger partial charge is 0.261 e. The molecule has 0 bridgehead atoms. The van der Waals surface area contributed by atoms with Gasteiger partial charge in [0.25, 0.3) is 10.0 Å². The number of rotatable bonds is 6. The highest BCUT2D eigenvalue weighted by Gasteiger charge is 2.28. The maximum atomic E-state index is 13.2. The van der Waals surface area contributed by atoms with Crippen molar-refractivity contribution in [1.82, 2.24) is 4.72 Å². The highest BCUT2D eigenvalue weighted by Crippen LogP contribution is 2.23. The highest BCUT2D eigenvalue weighted by atomic mass is 32.2. The zero-order valence-electron chi connectivity index (χ0n) is 12.7. The van der Waals surface area contributed by atoms with E-state index < -0.39 is 36.6 Å². The molecule has 1 aliphatic carbocycles. The number of halogens is 2. The molecule has 3 rings (SSSR count). The molecular formula is C15H14F2N2O4S2. The van der Waals surface area contributed by atoms with Gasteiger partial charge in [0, 0.05) is 11.7 Å². The highest BCUT2D eigenvalue weighted by molar-refractivity contribution is 7.92. The molecule has 0 aromatic heterocycles. The Balaban J connectivity index is 1.79. The summed E-state index contributed by atoms with van der Waals surface area (Å²) in [6.07, 6.45) is 1.59. The zero-order valence-corrected chi connectivity index (χ0v) is 14.4. The third-order valence-electron chi connectivity index (χ3n) is 3.52. The van der Waals surface area contributed by atoms with E-state index in [1.54, 1.807) is 0 Å². The molecule has 0 amide bonds. The van der Waals surface area contributed by atoms with Crippen molar-refractivity contribution < 1.29 is 25.6 Å². The third-order valence-corrected chi connectivity index (χ3v) is 6.43. The Bertz CT molecular complexity index is 1000. The second-order valence-corrected chi connectivity index (χ2v) is 9.00. The maximum Gasteiger partial charge on any atom is 0.261 e. The van der Waals surface area contributed by atoms with Gasteiger partial charge in [-0.3, -0.25) is 4.72 Å². The summed E-state index contributed by atoms with van der Waals surface area (Å²) in [5.41, 5.74) is 0.0927. The predicted molar refractivity (Wildman–Crippen MR) is 87.0 cm³/mol. The average molecular weight is 388 g/mol. The Morgan fingerprint density at radius 1 is 0.800 bits per heavy atom. The van der Waals surface area contributed by atoms with E-state index in [1.807, 2.05) is 0 Å². The molecule has 0 heterocycles. The fourth-order valence-corrected chi connectivity index (χ4v) is 4.42. The molecular weight excluding hydrogens is 374 g/mol. The molecule has 0 radical (unpaired) electrons. The van der Waals surface area contributed by atoms with Crippen LogP contribution in [0.1, 0.15) is 12.8 Å². The predicted octanol–water partition coefficient (Wildman–Crippen LogP) is 2.21. The lowest BCUT2D eigenvalue weighted by Crippen LogP contribution is -2.25. The van der Waals surface area contributed by atoms with Gasteiger partial charge in [-0.1, -0.05) is 0 Å². The van der Waals surface area contributed by atoms with E-state index in [-0.39, 0.29) is 16.6 Å². The molecule has 6 nitrogen and oxygen atoms in total. The fourth-order valence-electron chi connectivity index (χ4n) is 2.05. The number of hydrogen-bond donors (Lipinski definition) is 2. The molecule has 2 N–H and O–H groups in total. The van der Waals surface area contributed by atoms with Crippen LogP contribution in [0.15, 0.2) is 52.3 Å². The lowest BCUT2D eigenvalue weighted by Gasteiger charge is -2.10. The molecule has 0 atom stereocenters. The first-order chi connectivity index (χ1) is 11.7. The summed E-state index contributed by atoms with van der Waals surface area (Å²) >= 11 is 0. The monoisotopic (exact) mass is 388 g/mol. The number of anilines is 1. The van der Waals surface area contributed by atoms with Crippen LogP contribution in [0.2, 0.25) is 0 Å². The largest absolute Gasteiger partial charge is 0.280 e. The summed E-state index contributed by atoms with van der Waals surface area (Å²) in [5, 5.41) is 0. The maximum absolute atomic E-state index is 13.2. The van der Waals surface area contributed by atoms with Crippen molar-refractivity contribution in [3.05, 3.63) is 54.1 Å². The van der Waals surface area contributed by atoms with Crippen molar-refractivity contribution in [3.63, 3.8) is 0 Å². The van der Waals surface area contributed by atoms with Gasteiger partial charge in [-0.2, -0.15) is 0 Å². The summed E-state index contributed by atoms with van der Waals surface area (Å²) in [4.78, 5) is -0.436. The second-order valence-electron chi connectivity index (χ2n) is 5.60. The van der Waals surface area contributed by atoms with Gasteiger partial charge in [0.15, 0.2) is 11.6 Å². The topological polar surface area (TPSA) is 92.3 Å². The van der Waals surface area contributed by atoms with Crippen LogP contribution in [-0.4, -0.2) is 22.9 Å². The van der Waals surface area contributed by atoms with Crippen LogP contribution in [0.3, 0.4) is 0 Å². The number of benzene rings is 2. The van der Waals surface area contributed by atoms with Gasteiger partial charge >= 0.3 is 0 Å². The molecule has 2 aromatic rings. The fraction of sp³-hybridized carbons (Fsp3) is 0.200. The Hall–Kier alpha value is -2.04. The standard InChI is InChI=1S/C15H14F2N2O4S2/c16-14-8-7-13(9-15(14)17)25(22,23)19-11-3-5-12(6-4-11)24(20,21)18-10-1-2-10/h3-10,18-19H,1-2H2. The molecule has 1 aliphatic rings. The quantitative estimate of drug-likeness (QED) is 0.794. The van der Waals surface area contributed by atoms with Crippen LogP contribution in [0.25, 0.3) is 0 Å². The Morgan fingerprint density at radius 2 is 1.40 bits per heavy atom. The summed E-state index contributed by atoms with van der Waals surface area (Å²) < 4.78 is 79.2. The molecule has 1 fully saturated rings. The van der Waals surface area contributed by atoms with Gasteiger partial charge < -0.3 is 0 Å². The second kappa shape index (κ2) is 6.36. The lowest BCUT2D eigenvalue weighted by atomic mass is 10.3. The van der Waals surface area contributed by atoms with Gasteiger partial charge in [-0.05, 0) is 55.3 Å². The van der Waals surface area contributed by atoms with Gasteiger partial charge in [0.1, 0.15) is 0 Å². The van der Waals surface area contributed by atoms with Gasteiger partial charge in [0.2, 0.25) is 10.0 Å². The van der Waals surface area contributed by atoms with Crippen molar-refractivity contribution in [2.75, 3.05) is 4.72 Å². The minimum absolute atomic E-state index is 0.00942. The van der Waals surface area contributed by atoms with E-state index in [0.717, 1.165) is 18.9 Å². The number of nitrogens with one attached hydrogen (secondary N) is 2. The molecule has 2 aromatic carbocycles. The molecule has 0 unspecified atom stereocenters. The Kier molecular flexibility index (Phi) is 4.52. The number of sulfonamides is 2. The van der Waals surface area contributed by atoms with E-state index >= 15 is 0 Å². The van der Waals surface area contributed by atoms with Crippen LogP contribution < -0.4 is 9.44 Å². The van der Waals surface area contributed by atoms with E-state index in [9.17, 15) is 25.6 Å². The van der Waals surface area contributed by atoms with Crippen LogP contribution in [-0.2, 0) is 20.0 Å². The molecule has 134 valence electrons. The van der Waals surface area contributed by atoms with E-state index in [2.05, 4.69) is 9.44 Å². The van der Waals surface area contributed by atoms with Crippen LogP contribution in [0, 0.1) is 11.6 Å². The van der Waals surface area contributed by atoms with Gasteiger partial charge in [-0.15, -0.1) is 0 Å². The van der Waals surface area contributed by atoms with Gasteiger partial charge in [0.05, 0.1) is 9.79 Å². The molecule has 1 saturated carbocycles. The Labute approximate surface area is 144 Å². The van der Waals surface area contributed by atoms with Gasteiger partial charge in [-0.25, -0.2) is 30.3 Å². The van der Waals surface area contributed by atoms with Crippen molar-refractivity contribution in [2.24, 2.45) is 0 Å². The lowest BCUT2D eigenvalue weighted by molar-refractivity contribution is 0.504. The van der Waals surface area contributed by atoms with Crippen molar-refractivity contribution >= 4 is 25.7 Å². The molecule has 0 saturated heterocycles. The Morgan fingerprint density at radius 3 is 1.96 bits per heavy atom. The molecule has 10 heteroatoms. The molecule has 0 spiro atoms. The van der Waals surface area contributed by atoms with Crippen molar-refractivity contribution in [2.45, 2.75) is 28.7 Å². The van der Waals surface area contributed by atoms with E-state index in [1.165, 1.54) is 24.3 Å².